The van der Waals surface area contributed by atoms with E-state index in [-0.39, 0.29) is 49.6 Å². The summed E-state index contributed by atoms with van der Waals surface area (Å²) in [6.07, 6.45) is 0.786. The number of ether oxygens (including phenoxy) is 1. The molecule has 2 heterocycles. The number of rotatable bonds is 7. The summed E-state index contributed by atoms with van der Waals surface area (Å²) in [5.41, 5.74) is -0.574. The molecule has 0 bridgehead atoms. The van der Waals surface area contributed by atoms with Gasteiger partial charge < -0.3 is 9.64 Å². The average Bonchev–Trinajstić information content (AvgIpc) is 2.92. The molecule has 0 atom stereocenters. The first-order valence-corrected chi connectivity index (χ1v) is 12.7. The van der Waals surface area contributed by atoms with Crippen molar-refractivity contribution in [3.8, 4) is 5.69 Å². The lowest BCUT2D eigenvalue weighted by Gasteiger charge is -2.30. The Kier molecular flexibility index (Phi) is 8.19. The number of hydrogen-bond acceptors (Lipinski definition) is 6. The molecule has 3 aromatic rings. The molecule has 10 heteroatoms. The minimum atomic E-state index is -0.897. The lowest BCUT2D eigenvalue weighted by molar-refractivity contribution is -0.149. The van der Waals surface area contributed by atoms with Crippen molar-refractivity contribution in [2.24, 2.45) is 5.92 Å². The van der Waals surface area contributed by atoms with Crippen LogP contribution in [0.5, 0.6) is 0 Å². The molecule has 1 aliphatic rings. The molecule has 1 aromatic heterocycles. The summed E-state index contributed by atoms with van der Waals surface area (Å²) in [4.78, 5) is 53.9. The van der Waals surface area contributed by atoms with Crippen molar-refractivity contribution in [2.75, 3.05) is 19.7 Å². The van der Waals surface area contributed by atoms with Crippen LogP contribution in [-0.4, -0.2) is 50.8 Å². The Balaban J connectivity index is 1.74. The van der Waals surface area contributed by atoms with E-state index >= 15 is 0 Å². The van der Waals surface area contributed by atoms with Crippen LogP contribution in [0.4, 0.5) is 4.39 Å². The second kappa shape index (κ2) is 11.5. The van der Waals surface area contributed by atoms with Crippen molar-refractivity contribution in [2.45, 2.75) is 46.1 Å². The molecule has 1 saturated heterocycles. The van der Waals surface area contributed by atoms with E-state index in [1.165, 1.54) is 23.1 Å². The third-order valence-corrected chi connectivity index (χ3v) is 6.76. The van der Waals surface area contributed by atoms with Crippen molar-refractivity contribution in [1.82, 2.24) is 19.2 Å². The predicted octanol–water partition coefficient (Wildman–Crippen LogP) is 3.12. The van der Waals surface area contributed by atoms with E-state index < -0.39 is 28.7 Å². The van der Waals surface area contributed by atoms with Crippen molar-refractivity contribution in [1.29, 1.82) is 0 Å². The third-order valence-electron chi connectivity index (χ3n) is 6.76. The van der Waals surface area contributed by atoms with Gasteiger partial charge in [0.1, 0.15) is 5.82 Å². The highest BCUT2D eigenvalue weighted by Gasteiger charge is 2.31. The minimum absolute atomic E-state index is 0.133. The zero-order valence-corrected chi connectivity index (χ0v) is 21.7. The molecule has 38 heavy (non-hydrogen) atoms. The number of piperidine rings is 1. The highest BCUT2D eigenvalue weighted by atomic mass is 19.1. The maximum absolute atomic E-state index is 14.4. The van der Waals surface area contributed by atoms with Gasteiger partial charge in [-0.15, -0.1) is 0 Å². The average molecular weight is 523 g/mol. The first kappa shape index (κ1) is 27.0. The van der Waals surface area contributed by atoms with Gasteiger partial charge in [0, 0.05) is 18.7 Å². The summed E-state index contributed by atoms with van der Waals surface area (Å²) in [5.74, 6) is -1.58. The fraction of sp³-hybridized carbons (Fsp3) is 0.393. The van der Waals surface area contributed by atoms with E-state index in [0.717, 1.165) is 14.8 Å². The quantitative estimate of drug-likeness (QED) is 0.442. The Hall–Kier alpha value is -4.08. The fourth-order valence-corrected chi connectivity index (χ4v) is 4.48. The molecule has 4 rings (SSSR count). The van der Waals surface area contributed by atoms with E-state index in [1.54, 1.807) is 25.1 Å². The Bertz CT molecular complexity index is 1440. The Morgan fingerprint density at radius 2 is 1.71 bits per heavy atom. The zero-order valence-electron chi connectivity index (χ0n) is 21.7. The molecule has 0 aliphatic carbocycles. The van der Waals surface area contributed by atoms with Gasteiger partial charge in [-0.05, 0) is 49.4 Å². The van der Waals surface area contributed by atoms with Crippen LogP contribution in [0.1, 0.15) is 61.1 Å². The molecular formula is C28H31FN4O5. The number of benzene rings is 2. The second-order valence-corrected chi connectivity index (χ2v) is 9.59. The number of hydrogen-bond donors (Lipinski definition) is 0. The minimum Gasteiger partial charge on any atom is -0.466 e. The number of esters is 1. The number of likely N-dealkylation sites (tertiary alicyclic amines) is 1. The number of amides is 1. The largest absolute Gasteiger partial charge is 0.466 e. The lowest BCUT2D eigenvalue weighted by Crippen LogP contribution is -2.48. The van der Waals surface area contributed by atoms with Crippen LogP contribution >= 0.6 is 0 Å². The summed E-state index contributed by atoms with van der Waals surface area (Å²) in [6.45, 7) is 6.20. The van der Waals surface area contributed by atoms with Gasteiger partial charge in [0.2, 0.25) is 5.69 Å². The van der Waals surface area contributed by atoms with E-state index in [4.69, 9.17) is 4.74 Å². The Morgan fingerprint density at radius 1 is 1.05 bits per heavy atom. The van der Waals surface area contributed by atoms with Crippen LogP contribution in [0, 0.1) is 11.7 Å². The van der Waals surface area contributed by atoms with E-state index in [0.29, 0.717) is 18.5 Å². The molecule has 0 unspecified atom stereocenters. The molecule has 0 saturated carbocycles. The number of aromatic nitrogens is 3. The Labute approximate surface area is 219 Å². The van der Waals surface area contributed by atoms with Gasteiger partial charge >= 0.3 is 11.7 Å². The van der Waals surface area contributed by atoms with Gasteiger partial charge in [0.25, 0.3) is 11.5 Å². The number of carbonyl (C=O) groups excluding carboxylic acids is 2. The summed E-state index contributed by atoms with van der Waals surface area (Å²) in [7, 11) is 0. The summed E-state index contributed by atoms with van der Waals surface area (Å²) >= 11 is 0. The van der Waals surface area contributed by atoms with Gasteiger partial charge in [-0.2, -0.15) is 9.78 Å². The highest BCUT2D eigenvalue weighted by Crippen LogP contribution is 2.20. The van der Waals surface area contributed by atoms with Gasteiger partial charge in [-0.1, -0.05) is 44.2 Å². The molecular weight excluding hydrogens is 491 g/mol. The molecule has 1 fully saturated rings. The van der Waals surface area contributed by atoms with E-state index in [9.17, 15) is 23.6 Å². The van der Waals surface area contributed by atoms with Gasteiger partial charge in [0.15, 0.2) is 0 Å². The van der Waals surface area contributed by atoms with Crippen LogP contribution in [0.3, 0.4) is 0 Å². The van der Waals surface area contributed by atoms with Gasteiger partial charge in [0.05, 0.1) is 24.8 Å². The first-order valence-electron chi connectivity index (χ1n) is 12.7. The molecule has 0 N–H and O–H groups in total. The zero-order chi connectivity index (χ0) is 27.4. The SMILES string of the molecule is CCOC(=O)C1CCN(C(=O)c2nn(-c3ccc(C(C)C)cc3)c(=O)n(Cc3ccccc3F)c2=O)CC1. The van der Waals surface area contributed by atoms with Crippen molar-refractivity contribution in [3.05, 3.63) is 92.0 Å². The molecule has 2 aromatic carbocycles. The van der Waals surface area contributed by atoms with Crippen molar-refractivity contribution in [3.63, 3.8) is 0 Å². The topological polar surface area (TPSA) is 104 Å². The van der Waals surface area contributed by atoms with Crippen LogP contribution in [0.2, 0.25) is 0 Å². The van der Waals surface area contributed by atoms with Crippen LogP contribution in [0.25, 0.3) is 5.69 Å². The van der Waals surface area contributed by atoms with Gasteiger partial charge in [-0.25, -0.2) is 9.18 Å². The lowest BCUT2D eigenvalue weighted by atomic mass is 9.97. The molecule has 1 aliphatic heterocycles. The Morgan fingerprint density at radius 3 is 2.32 bits per heavy atom. The van der Waals surface area contributed by atoms with Crippen LogP contribution in [-0.2, 0) is 16.1 Å². The molecule has 1 amide bonds. The molecule has 0 radical (unpaired) electrons. The van der Waals surface area contributed by atoms with Crippen LogP contribution in [0.15, 0.2) is 58.1 Å². The summed E-state index contributed by atoms with van der Waals surface area (Å²) in [6, 6.07) is 12.9. The molecule has 9 nitrogen and oxygen atoms in total. The third kappa shape index (κ3) is 5.58. The number of carbonyl (C=O) groups is 2. The monoisotopic (exact) mass is 522 g/mol. The van der Waals surface area contributed by atoms with E-state index in [1.807, 2.05) is 26.0 Å². The second-order valence-electron chi connectivity index (χ2n) is 9.59. The smallest absolute Gasteiger partial charge is 0.352 e. The van der Waals surface area contributed by atoms with Gasteiger partial charge in [-0.3, -0.25) is 19.0 Å². The number of nitrogens with zero attached hydrogens (tertiary/aromatic N) is 4. The normalized spacial score (nSPS) is 14.1. The fourth-order valence-electron chi connectivity index (χ4n) is 4.48. The summed E-state index contributed by atoms with van der Waals surface area (Å²) < 4.78 is 21.4. The maximum atomic E-state index is 14.4. The highest BCUT2D eigenvalue weighted by molar-refractivity contribution is 5.92. The maximum Gasteiger partial charge on any atom is 0.352 e. The van der Waals surface area contributed by atoms with Crippen molar-refractivity contribution >= 4 is 11.9 Å². The first-order chi connectivity index (χ1) is 18.2. The van der Waals surface area contributed by atoms with Crippen LogP contribution < -0.4 is 11.2 Å². The predicted molar refractivity (Wildman–Crippen MR) is 139 cm³/mol. The number of halogens is 1. The van der Waals surface area contributed by atoms with E-state index in [2.05, 4.69) is 5.10 Å². The molecule has 0 spiro atoms. The standard InChI is InChI=1S/C28H31FN4O5/c1-4-38-27(36)20-13-15-31(16-14-20)25(34)24-26(35)32(17-21-7-5-6-8-23(21)29)28(37)33(30-24)22-11-9-19(10-12-22)18(2)3/h5-12,18,20H,4,13-17H2,1-3H3. The van der Waals surface area contributed by atoms with Crippen molar-refractivity contribution < 1.29 is 18.7 Å². The summed E-state index contributed by atoms with van der Waals surface area (Å²) in [5, 5.41) is 4.19. The molecule has 200 valence electrons.